The predicted molar refractivity (Wildman–Crippen MR) is 134 cm³/mol. The van der Waals surface area contributed by atoms with E-state index < -0.39 is 0 Å². The van der Waals surface area contributed by atoms with Crippen LogP contribution in [0.15, 0.2) is 78.9 Å². The van der Waals surface area contributed by atoms with E-state index in [1.54, 1.807) is 24.3 Å². The summed E-state index contributed by atoms with van der Waals surface area (Å²) in [5.74, 6) is 2.24. The Morgan fingerprint density at radius 3 is 2.18 bits per heavy atom. The molecule has 0 fully saturated rings. The molecule has 0 aliphatic rings. The third-order valence-electron chi connectivity index (χ3n) is 4.41. The van der Waals surface area contributed by atoms with E-state index >= 15 is 0 Å². The van der Waals surface area contributed by atoms with Gasteiger partial charge in [0.15, 0.2) is 5.11 Å². The molecule has 0 aliphatic carbocycles. The zero-order chi connectivity index (χ0) is 23.5. The lowest BCUT2D eigenvalue weighted by atomic mass is 10.2. The van der Waals surface area contributed by atoms with E-state index in [-0.39, 0.29) is 11.0 Å². The molecular formula is C26H28N2O4S. The highest BCUT2D eigenvalue weighted by Gasteiger charge is 2.11. The molecule has 0 atom stereocenters. The number of rotatable bonds is 10. The fraction of sp³-hybridized carbons (Fsp3) is 0.231. The lowest BCUT2D eigenvalue weighted by molar-refractivity contribution is 0.0977. The van der Waals surface area contributed by atoms with Crippen LogP contribution < -0.4 is 24.8 Å². The van der Waals surface area contributed by atoms with Crippen LogP contribution in [0.2, 0.25) is 0 Å². The number of thiocarbonyl (C=S) groups is 1. The number of carbonyl (C=O) groups excluding carboxylic acids is 1. The molecule has 0 aromatic heterocycles. The van der Waals surface area contributed by atoms with Gasteiger partial charge in [0.2, 0.25) is 0 Å². The van der Waals surface area contributed by atoms with Gasteiger partial charge in [-0.3, -0.25) is 10.1 Å². The van der Waals surface area contributed by atoms with Gasteiger partial charge in [-0.15, -0.1) is 0 Å². The van der Waals surface area contributed by atoms with E-state index in [1.807, 2.05) is 54.6 Å². The number of benzene rings is 3. The highest BCUT2D eigenvalue weighted by molar-refractivity contribution is 7.80. The molecule has 0 saturated carbocycles. The standard InChI is InChI=1S/C26H28N2O4S/c1-19(2)18-32-22-14-12-20(13-15-22)25(29)28-26(33)27-23-10-6-7-11-24(23)31-17-16-30-21-8-4-3-5-9-21/h3-15,19H,16-18H2,1-2H3,(H2,27,28,29,33). The van der Waals surface area contributed by atoms with Gasteiger partial charge in [-0.25, -0.2) is 0 Å². The minimum atomic E-state index is -0.308. The van der Waals surface area contributed by atoms with Crippen LogP contribution in [0.4, 0.5) is 5.69 Å². The second-order valence-electron chi connectivity index (χ2n) is 7.64. The highest BCUT2D eigenvalue weighted by atomic mass is 32.1. The van der Waals surface area contributed by atoms with Gasteiger partial charge in [-0.2, -0.15) is 0 Å². The van der Waals surface area contributed by atoms with Crippen molar-refractivity contribution in [3.05, 3.63) is 84.4 Å². The van der Waals surface area contributed by atoms with E-state index in [0.717, 1.165) is 11.5 Å². The second kappa shape index (κ2) is 12.5. The van der Waals surface area contributed by atoms with Gasteiger partial charge in [0.05, 0.1) is 12.3 Å². The Labute approximate surface area is 199 Å². The summed E-state index contributed by atoms with van der Waals surface area (Å²) in [5, 5.41) is 5.89. The number of hydrogen-bond acceptors (Lipinski definition) is 5. The number of para-hydroxylation sites is 3. The summed E-state index contributed by atoms with van der Waals surface area (Å²) in [7, 11) is 0. The summed E-state index contributed by atoms with van der Waals surface area (Å²) >= 11 is 5.32. The molecule has 0 heterocycles. The molecule has 7 heteroatoms. The fourth-order valence-corrected chi connectivity index (χ4v) is 3.02. The molecule has 0 aliphatic heterocycles. The van der Waals surface area contributed by atoms with Gasteiger partial charge in [-0.05, 0) is 66.7 Å². The van der Waals surface area contributed by atoms with Crippen LogP contribution in [0.1, 0.15) is 24.2 Å². The molecule has 0 unspecified atom stereocenters. The molecule has 3 rings (SSSR count). The maximum absolute atomic E-state index is 12.5. The van der Waals surface area contributed by atoms with Gasteiger partial charge in [0, 0.05) is 5.56 Å². The largest absolute Gasteiger partial charge is 0.493 e. The zero-order valence-electron chi connectivity index (χ0n) is 18.7. The molecule has 0 bridgehead atoms. The third-order valence-corrected chi connectivity index (χ3v) is 4.62. The Morgan fingerprint density at radius 1 is 0.818 bits per heavy atom. The first-order valence-electron chi connectivity index (χ1n) is 10.8. The average molecular weight is 465 g/mol. The van der Waals surface area contributed by atoms with Gasteiger partial charge in [0.25, 0.3) is 5.91 Å². The van der Waals surface area contributed by atoms with Crippen molar-refractivity contribution >= 4 is 28.9 Å². The van der Waals surface area contributed by atoms with Crippen LogP contribution in [0.5, 0.6) is 17.2 Å². The van der Waals surface area contributed by atoms with E-state index in [9.17, 15) is 4.79 Å². The summed E-state index contributed by atoms with van der Waals surface area (Å²) in [6, 6.07) is 23.9. The van der Waals surface area contributed by atoms with Gasteiger partial charge >= 0.3 is 0 Å². The third kappa shape index (κ3) is 8.12. The molecule has 1 amide bonds. The Morgan fingerprint density at radius 2 is 1.45 bits per heavy atom. The van der Waals surface area contributed by atoms with Crippen LogP contribution in [0.25, 0.3) is 0 Å². The number of nitrogens with one attached hydrogen (secondary N) is 2. The number of hydrogen-bond donors (Lipinski definition) is 2. The SMILES string of the molecule is CC(C)COc1ccc(C(=O)NC(=S)Nc2ccccc2OCCOc2ccccc2)cc1. The Bertz CT molecular complexity index is 1040. The number of ether oxygens (including phenoxy) is 3. The fourth-order valence-electron chi connectivity index (χ4n) is 2.82. The van der Waals surface area contributed by atoms with Gasteiger partial charge in [-0.1, -0.05) is 44.2 Å². The van der Waals surface area contributed by atoms with Crippen molar-refractivity contribution in [1.82, 2.24) is 5.32 Å². The maximum atomic E-state index is 12.5. The predicted octanol–water partition coefficient (Wildman–Crippen LogP) is 5.31. The Balaban J connectivity index is 1.49. The number of amides is 1. The van der Waals surface area contributed by atoms with Crippen LogP contribution in [-0.2, 0) is 0 Å². The molecule has 2 N–H and O–H groups in total. The van der Waals surface area contributed by atoms with Gasteiger partial charge in [0.1, 0.15) is 30.5 Å². The van der Waals surface area contributed by atoms with E-state index in [0.29, 0.717) is 42.7 Å². The van der Waals surface area contributed by atoms with Crippen LogP contribution in [-0.4, -0.2) is 30.8 Å². The van der Waals surface area contributed by atoms with Crippen LogP contribution >= 0.6 is 12.2 Å². The molecule has 172 valence electrons. The average Bonchev–Trinajstić information content (AvgIpc) is 2.82. The Hall–Kier alpha value is -3.58. The molecular weight excluding hydrogens is 436 g/mol. The molecule has 33 heavy (non-hydrogen) atoms. The van der Waals surface area contributed by atoms with Crippen molar-refractivity contribution in [2.75, 3.05) is 25.1 Å². The summed E-state index contributed by atoms with van der Waals surface area (Å²) < 4.78 is 17.1. The maximum Gasteiger partial charge on any atom is 0.257 e. The van der Waals surface area contributed by atoms with Crippen molar-refractivity contribution in [3.8, 4) is 17.2 Å². The quantitative estimate of drug-likeness (QED) is 0.313. The number of carbonyl (C=O) groups is 1. The molecule has 3 aromatic carbocycles. The minimum Gasteiger partial charge on any atom is -0.493 e. The van der Waals surface area contributed by atoms with Crippen LogP contribution in [0, 0.1) is 5.92 Å². The zero-order valence-corrected chi connectivity index (χ0v) is 19.6. The van der Waals surface area contributed by atoms with Crippen molar-refractivity contribution in [3.63, 3.8) is 0 Å². The van der Waals surface area contributed by atoms with Crippen LogP contribution in [0.3, 0.4) is 0 Å². The van der Waals surface area contributed by atoms with Crippen molar-refractivity contribution in [2.24, 2.45) is 5.92 Å². The lowest BCUT2D eigenvalue weighted by Gasteiger charge is -2.15. The van der Waals surface area contributed by atoms with E-state index in [1.165, 1.54) is 0 Å². The highest BCUT2D eigenvalue weighted by Crippen LogP contribution is 2.23. The first-order valence-corrected chi connectivity index (χ1v) is 11.2. The van der Waals surface area contributed by atoms with Crippen molar-refractivity contribution < 1.29 is 19.0 Å². The molecule has 0 radical (unpaired) electrons. The first-order chi connectivity index (χ1) is 16.0. The monoisotopic (exact) mass is 464 g/mol. The minimum absolute atomic E-state index is 0.178. The smallest absolute Gasteiger partial charge is 0.257 e. The lowest BCUT2D eigenvalue weighted by Crippen LogP contribution is -2.34. The first kappa shape index (κ1) is 24.1. The molecule has 6 nitrogen and oxygen atoms in total. The summed E-state index contributed by atoms with van der Waals surface area (Å²) in [6.45, 7) is 5.54. The Kier molecular flexibility index (Phi) is 9.08. The molecule has 0 spiro atoms. The topological polar surface area (TPSA) is 68.8 Å². The van der Waals surface area contributed by atoms with Crippen molar-refractivity contribution in [2.45, 2.75) is 13.8 Å². The number of anilines is 1. The van der Waals surface area contributed by atoms with Crippen molar-refractivity contribution in [1.29, 1.82) is 0 Å². The summed E-state index contributed by atoms with van der Waals surface area (Å²) in [6.07, 6.45) is 0. The van der Waals surface area contributed by atoms with Gasteiger partial charge < -0.3 is 19.5 Å². The summed E-state index contributed by atoms with van der Waals surface area (Å²) in [5.41, 5.74) is 1.14. The van der Waals surface area contributed by atoms with E-state index in [4.69, 9.17) is 26.4 Å². The second-order valence-corrected chi connectivity index (χ2v) is 8.05. The molecule has 3 aromatic rings. The van der Waals surface area contributed by atoms with E-state index in [2.05, 4.69) is 24.5 Å². The summed E-state index contributed by atoms with van der Waals surface area (Å²) in [4.78, 5) is 12.5. The normalized spacial score (nSPS) is 10.4. The molecule has 0 saturated heterocycles.